The van der Waals surface area contributed by atoms with Gasteiger partial charge in [0.25, 0.3) is 0 Å². The number of rotatable bonds is 3. The van der Waals surface area contributed by atoms with Gasteiger partial charge in [-0.1, -0.05) is 17.4 Å². The van der Waals surface area contributed by atoms with Crippen molar-refractivity contribution in [2.75, 3.05) is 12.4 Å². The van der Waals surface area contributed by atoms with Crippen molar-refractivity contribution in [1.82, 2.24) is 9.38 Å². The topological polar surface area (TPSA) is 58.8 Å². The minimum absolute atomic E-state index is 0.119. The van der Waals surface area contributed by atoms with Gasteiger partial charge in [0.2, 0.25) is 0 Å². The second-order valence-corrected chi connectivity index (χ2v) is 8.77. The molecule has 0 bridgehead atoms. The summed E-state index contributed by atoms with van der Waals surface area (Å²) in [6, 6.07) is 11.8. The average Bonchev–Trinajstić information content (AvgIpc) is 3.10. The lowest BCUT2D eigenvalue weighted by molar-refractivity contribution is 0.373. The number of aromatic nitrogens is 2. The van der Waals surface area contributed by atoms with Gasteiger partial charge in [-0.3, -0.25) is 4.40 Å². The van der Waals surface area contributed by atoms with E-state index >= 15 is 0 Å². The predicted molar refractivity (Wildman–Crippen MR) is 112 cm³/mol. The van der Waals surface area contributed by atoms with Gasteiger partial charge in [-0.2, -0.15) is 0 Å². The molecule has 0 saturated heterocycles. The van der Waals surface area contributed by atoms with E-state index in [0.29, 0.717) is 5.75 Å². The van der Waals surface area contributed by atoms with Gasteiger partial charge < -0.3 is 15.2 Å². The lowest BCUT2D eigenvalue weighted by atomic mass is 10.1. The van der Waals surface area contributed by atoms with Crippen molar-refractivity contribution in [2.45, 2.75) is 33.2 Å². The van der Waals surface area contributed by atoms with Crippen LogP contribution in [0.4, 0.5) is 5.82 Å². The van der Waals surface area contributed by atoms with Crippen LogP contribution in [-0.4, -0.2) is 27.1 Å². The van der Waals surface area contributed by atoms with E-state index in [9.17, 15) is 5.11 Å². The van der Waals surface area contributed by atoms with Crippen molar-refractivity contribution >= 4 is 32.3 Å². The molecule has 2 aromatic carbocycles. The van der Waals surface area contributed by atoms with E-state index in [1.807, 2.05) is 12.1 Å². The molecule has 4 rings (SSSR count). The summed E-state index contributed by atoms with van der Waals surface area (Å²) in [5, 5.41) is 13.6. The molecule has 6 heteroatoms. The Morgan fingerprint density at radius 1 is 1.15 bits per heavy atom. The highest BCUT2D eigenvalue weighted by molar-refractivity contribution is 7.23. The van der Waals surface area contributed by atoms with Gasteiger partial charge in [0.15, 0.2) is 16.5 Å². The van der Waals surface area contributed by atoms with Crippen molar-refractivity contribution in [3.63, 3.8) is 0 Å². The van der Waals surface area contributed by atoms with Crippen LogP contribution in [0.3, 0.4) is 0 Å². The average molecular weight is 382 g/mol. The quantitative estimate of drug-likeness (QED) is 0.495. The Morgan fingerprint density at radius 2 is 1.93 bits per heavy atom. The molecule has 0 radical (unpaired) electrons. The Kier molecular flexibility index (Phi) is 4.03. The summed E-state index contributed by atoms with van der Waals surface area (Å²) >= 11 is 1.68. The monoisotopic (exact) mass is 381 g/mol. The van der Waals surface area contributed by atoms with E-state index in [1.165, 1.54) is 10.3 Å². The number of phenols is 1. The van der Waals surface area contributed by atoms with Gasteiger partial charge in [0.1, 0.15) is 11.5 Å². The highest BCUT2D eigenvalue weighted by atomic mass is 32.1. The number of phenolic OH excluding ortho intramolecular Hbond substituents is 1. The van der Waals surface area contributed by atoms with Crippen molar-refractivity contribution < 1.29 is 9.84 Å². The molecule has 2 heterocycles. The van der Waals surface area contributed by atoms with Crippen LogP contribution in [-0.2, 0) is 0 Å². The molecule has 0 saturated carbocycles. The van der Waals surface area contributed by atoms with Crippen LogP contribution < -0.4 is 10.1 Å². The maximum absolute atomic E-state index is 9.94. The summed E-state index contributed by atoms with van der Waals surface area (Å²) < 4.78 is 8.68. The molecule has 5 nitrogen and oxygen atoms in total. The Bertz CT molecular complexity index is 1150. The normalized spacial score (nSPS) is 12.0. The number of nitrogens with one attached hydrogen (secondary N) is 1. The second-order valence-electron chi connectivity index (χ2n) is 7.76. The molecular weight excluding hydrogens is 358 g/mol. The molecule has 0 aliphatic rings. The van der Waals surface area contributed by atoms with Crippen LogP contribution in [0, 0.1) is 6.92 Å². The number of imidazole rings is 1. The van der Waals surface area contributed by atoms with E-state index < -0.39 is 0 Å². The number of hydrogen-bond donors (Lipinski definition) is 2. The fraction of sp³-hybridized carbons (Fsp3) is 0.286. The van der Waals surface area contributed by atoms with Crippen LogP contribution >= 0.6 is 11.3 Å². The van der Waals surface area contributed by atoms with E-state index in [2.05, 4.69) is 55.6 Å². The summed E-state index contributed by atoms with van der Waals surface area (Å²) in [6.45, 7) is 8.50. The zero-order valence-electron chi connectivity index (χ0n) is 16.1. The summed E-state index contributed by atoms with van der Waals surface area (Å²) in [5.74, 6) is 1.50. The number of hydrogen-bond acceptors (Lipinski definition) is 5. The number of anilines is 1. The lowest BCUT2D eigenvalue weighted by Gasteiger charge is -2.22. The Hall–Kier alpha value is -2.73. The molecule has 140 valence electrons. The zero-order valence-corrected chi connectivity index (χ0v) is 16.9. The zero-order chi connectivity index (χ0) is 19.3. The summed E-state index contributed by atoms with van der Waals surface area (Å²) in [7, 11) is 1.55. The highest BCUT2D eigenvalue weighted by Crippen LogP contribution is 2.39. The number of fused-ring (bicyclic) bond motifs is 3. The number of benzene rings is 2. The minimum Gasteiger partial charge on any atom is -0.504 e. The van der Waals surface area contributed by atoms with E-state index in [0.717, 1.165) is 27.6 Å². The van der Waals surface area contributed by atoms with Crippen LogP contribution in [0.15, 0.2) is 36.4 Å². The van der Waals surface area contributed by atoms with Crippen LogP contribution in [0.2, 0.25) is 0 Å². The molecule has 0 atom stereocenters. The first-order valence-corrected chi connectivity index (χ1v) is 9.65. The molecule has 2 N–H and O–H groups in total. The predicted octanol–water partition coefficient (Wildman–Crippen LogP) is 5.45. The first-order chi connectivity index (χ1) is 12.8. The fourth-order valence-electron chi connectivity index (χ4n) is 3.17. The molecule has 0 unspecified atom stereocenters. The van der Waals surface area contributed by atoms with E-state index in [1.54, 1.807) is 24.5 Å². The third-order valence-electron chi connectivity index (χ3n) is 4.35. The smallest absolute Gasteiger partial charge is 0.197 e. The molecular formula is C21H23N3O2S. The van der Waals surface area contributed by atoms with Crippen molar-refractivity contribution in [3.05, 3.63) is 42.0 Å². The van der Waals surface area contributed by atoms with E-state index in [-0.39, 0.29) is 11.3 Å². The van der Waals surface area contributed by atoms with Gasteiger partial charge in [-0.15, -0.1) is 0 Å². The summed E-state index contributed by atoms with van der Waals surface area (Å²) in [4.78, 5) is 5.86. The minimum atomic E-state index is -0.134. The molecule has 0 aliphatic heterocycles. The number of nitrogens with zero attached hydrogens (tertiary/aromatic N) is 2. The molecule has 0 aliphatic carbocycles. The second kappa shape index (κ2) is 6.16. The molecule has 4 aromatic rings. The number of methoxy groups -OCH3 is 1. The Balaban J connectivity index is 2.01. The summed E-state index contributed by atoms with van der Waals surface area (Å²) in [6.07, 6.45) is 0. The lowest BCUT2D eigenvalue weighted by Crippen LogP contribution is -2.27. The standard InChI is InChI=1S/C21H23N3O2S/c1-12-6-8-14-17(10-12)27-20-22-18(19(24(14)20)23-21(2,3)4)13-7-9-15(25)16(11-13)26-5/h6-11,23,25H,1-5H3. The maximum Gasteiger partial charge on any atom is 0.197 e. The molecule has 2 aromatic heterocycles. The van der Waals surface area contributed by atoms with Crippen molar-refractivity contribution in [1.29, 1.82) is 0 Å². The summed E-state index contributed by atoms with van der Waals surface area (Å²) in [5.41, 5.74) is 3.98. The molecule has 0 fully saturated rings. The number of aryl methyl sites for hydroxylation is 1. The SMILES string of the molecule is COc1cc(-c2nc3sc4cc(C)ccc4n3c2NC(C)(C)C)ccc1O. The Labute approximate surface area is 162 Å². The number of thiazole rings is 1. The third-order valence-corrected chi connectivity index (χ3v) is 5.35. The molecule has 27 heavy (non-hydrogen) atoms. The highest BCUT2D eigenvalue weighted by Gasteiger charge is 2.22. The van der Waals surface area contributed by atoms with Gasteiger partial charge >= 0.3 is 0 Å². The fourth-order valence-corrected chi connectivity index (χ4v) is 4.30. The van der Waals surface area contributed by atoms with Gasteiger partial charge in [0.05, 0.1) is 17.3 Å². The maximum atomic E-state index is 9.94. The van der Waals surface area contributed by atoms with Crippen LogP contribution in [0.1, 0.15) is 26.3 Å². The van der Waals surface area contributed by atoms with E-state index in [4.69, 9.17) is 9.72 Å². The van der Waals surface area contributed by atoms with Crippen LogP contribution in [0.5, 0.6) is 11.5 Å². The van der Waals surface area contributed by atoms with Crippen LogP contribution in [0.25, 0.3) is 26.4 Å². The van der Waals surface area contributed by atoms with Crippen molar-refractivity contribution in [2.24, 2.45) is 0 Å². The van der Waals surface area contributed by atoms with Gasteiger partial charge in [0, 0.05) is 11.1 Å². The van der Waals surface area contributed by atoms with Gasteiger partial charge in [-0.05, 0) is 63.6 Å². The largest absolute Gasteiger partial charge is 0.504 e. The van der Waals surface area contributed by atoms with Gasteiger partial charge in [-0.25, -0.2) is 4.98 Å². The number of ether oxygens (including phenoxy) is 1. The Morgan fingerprint density at radius 3 is 2.63 bits per heavy atom. The molecule has 0 spiro atoms. The first-order valence-electron chi connectivity index (χ1n) is 8.84. The van der Waals surface area contributed by atoms with Crippen molar-refractivity contribution in [3.8, 4) is 22.8 Å². The third kappa shape index (κ3) is 3.10. The first kappa shape index (κ1) is 17.7. The number of aromatic hydroxyl groups is 1. The molecule has 0 amide bonds.